The lowest BCUT2D eigenvalue weighted by molar-refractivity contribution is -0.138. The third-order valence-electron chi connectivity index (χ3n) is 5.17. The van der Waals surface area contributed by atoms with Crippen LogP contribution in [0.4, 0.5) is 0 Å². The van der Waals surface area contributed by atoms with Gasteiger partial charge in [-0.05, 0) is 31.6 Å². The Kier molecular flexibility index (Phi) is 1.99. The van der Waals surface area contributed by atoms with Gasteiger partial charge >= 0.3 is 5.97 Å². The summed E-state index contributed by atoms with van der Waals surface area (Å²) < 4.78 is 5.13. The van der Waals surface area contributed by atoms with Crippen LogP contribution in [0.25, 0.3) is 0 Å². The van der Waals surface area contributed by atoms with E-state index in [9.17, 15) is 9.59 Å². The van der Waals surface area contributed by atoms with Crippen molar-refractivity contribution in [1.29, 1.82) is 0 Å². The number of ketones is 1. The molecule has 0 bridgehead atoms. The average molecular weight is 222 g/mol. The number of ether oxygens (including phenoxy) is 1. The standard InChI is InChI=1S/C13H18O3/c1-12-4-5-13(7-11(15)16-8-13)6-9(12)2-3-10(12)14/h9H,2-8H2,1H3. The lowest BCUT2D eigenvalue weighted by Gasteiger charge is -2.43. The Bertz CT molecular complexity index is 362. The van der Waals surface area contributed by atoms with Gasteiger partial charge in [0.1, 0.15) is 5.78 Å². The number of carbonyl (C=O) groups is 2. The second-order valence-electron chi connectivity index (χ2n) is 6.12. The normalized spacial score (nSPS) is 47.2. The number of cyclic esters (lactones) is 1. The Balaban J connectivity index is 1.83. The molecule has 88 valence electrons. The first-order chi connectivity index (χ1) is 7.54. The highest BCUT2D eigenvalue weighted by atomic mass is 16.5. The second kappa shape index (κ2) is 3.08. The molecule has 1 spiro atoms. The zero-order chi connectivity index (χ0) is 11.4. The van der Waals surface area contributed by atoms with E-state index in [1.807, 2.05) is 0 Å². The molecule has 0 N–H and O–H groups in total. The Hall–Kier alpha value is -0.860. The highest BCUT2D eigenvalue weighted by molar-refractivity contribution is 5.87. The van der Waals surface area contributed by atoms with Crippen LogP contribution in [0.15, 0.2) is 0 Å². The van der Waals surface area contributed by atoms with Crippen LogP contribution in [0, 0.1) is 16.7 Å². The van der Waals surface area contributed by atoms with E-state index >= 15 is 0 Å². The van der Waals surface area contributed by atoms with E-state index in [-0.39, 0.29) is 16.8 Å². The number of hydrogen-bond donors (Lipinski definition) is 0. The number of hydrogen-bond acceptors (Lipinski definition) is 3. The molecule has 3 unspecified atom stereocenters. The highest BCUT2D eigenvalue weighted by Gasteiger charge is 2.55. The zero-order valence-electron chi connectivity index (χ0n) is 9.75. The fraction of sp³-hybridized carbons (Fsp3) is 0.846. The van der Waals surface area contributed by atoms with Gasteiger partial charge in [0.2, 0.25) is 0 Å². The maximum absolute atomic E-state index is 11.9. The Labute approximate surface area is 95.5 Å². The maximum atomic E-state index is 11.9. The summed E-state index contributed by atoms with van der Waals surface area (Å²) in [5.41, 5.74) is -0.0111. The molecule has 3 atom stereocenters. The van der Waals surface area contributed by atoms with E-state index in [4.69, 9.17) is 4.74 Å². The lowest BCUT2D eigenvalue weighted by Crippen LogP contribution is -2.40. The van der Waals surface area contributed by atoms with Gasteiger partial charge in [0.15, 0.2) is 0 Å². The van der Waals surface area contributed by atoms with Crippen LogP contribution < -0.4 is 0 Å². The monoisotopic (exact) mass is 222 g/mol. The van der Waals surface area contributed by atoms with Crippen LogP contribution in [0.3, 0.4) is 0 Å². The van der Waals surface area contributed by atoms with E-state index in [0.717, 1.165) is 32.1 Å². The summed E-state index contributed by atoms with van der Waals surface area (Å²) in [7, 11) is 0. The lowest BCUT2D eigenvalue weighted by atomic mass is 9.59. The summed E-state index contributed by atoms with van der Waals surface area (Å²) in [5.74, 6) is 0.883. The molecule has 3 rings (SSSR count). The van der Waals surface area contributed by atoms with Crippen molar-refractivity contribution in [2.24, 2.45) is 16.7 Å². The van der Waals surface area contributed by atoms with Crippen molar-refractivity contribution < 1.29 is 14.3 Å². The van der Waals surface area contributed by atoms with Gasteiger partial charge in [-0.1, -0.05) is 6.92 Å². The van der Waals surface area contributed by atoms with Crippen LogP contribution in [-0.4, -0.2) is 18.4 Å². The molecular weight excluding hydrogens is 204 g/mol. The van der Waals surface area contributed by atoms with Crippen LogP contribution in [-0.2, 0) is 14.3 Å². The van der Waals surface area contributed by atoms with Crippen molar-refractivity contribution in [2.45, 2.75) is 45.4 Å². The van der Waals surface area contributed by atoms with Gasteiger partial charge in [-0.2, -0.15) is 0 Å². The highest BCUT2D eigenvalue weighted by Crippen LogP contribution is 2.57. The van der Waals surface area contributed by atoms with E-state index in [1.165, 1.54) is 0 Å². The van der Waals surface area contributed by atoms with Gasteiger partial charge in [-0.15, -0.1) is 0 Å². The molecule has 3 aliphatic rings. The van der Waals surface area contributed by atoms with Gasteiger partial charge in [0.25, 0.3) is 0 Å². The van der Waals surface area contributed by atoms with Crippen molar-refractivity contribution in [3.8, 4) is 0 Å². The molecule has 16 heavy (non-hydrogen) atoms. The summed E-state index contributed by atoms with van der Waals surface area (Å²) in [5, 5.41) is 0. The minimum Gasteiger partial charge on any atom is -0.465 e. The molecule has 3 fully saturated rings. The summed E-state index contributed by atoms with van der Waals surface area (Å²) >= 11 is 0. The van der Waals surface area contributed by atoms with E-state index in [1.54, 1.807) is 0 Å². The Morgan fingerprint density at radius 2 is 2.12 bits per heavy atom. The molecule has 0 radical (unpaired) electrons. The third-order valence-corrected chi connectivity index (χ3v) is 5.17. The number of fused-ring (bicyclic) bond motifs is 1. The average Bonchev–Trinajstić information content (AvgIpc) is 2.74. The second-order valence-corrected chi connectivity index (χ2v) is 6.12. The minimum atomic E-state index is -0.0864. The number of esters is 1. The van der Waals surface area contributed by atoms with Gasteiger partial charge < -0.3 is 4.74 Å². The molecular formula is C13H18O3. The third kappa shape index (κ3) is 1.26. The molecule has 1 aliphatic heterocycles. The fourth-order valence-electron chi connectivity index (χ4n) is 3.89. The van der Waals surface area contributed by atoms with Crippen LogP contribution >= 0.6 is 0 Å². The van der Waals surface area contributed by atoms with E-state index in [2.05, 4.69) is 6.92 Å². The molecule has 3 heteroatoms. The quantitative estimate of drug-likeness (QED) is 0.589. The van der Waals surface area contributed by atoms with Gasteiger partial charge in [-0.3, -0.25) is 9.59 Å². The largest absolute Gasteiger partial charge is 0.465 e. The number of carbonyl (C=O) groups excluding carboxylic acids is 2. The Morgan fingerprint density at radius 1 is 1.31 bits per heavy atom. The van der Waals surface area contributed by atoms with Crippen LogP contribution in [0.1, 0.15) is 45.4 Å². The molecule has 0 amide bonds. The van der Waals surface area contributed by atoms with E-state index < -0.39 is 0 Å². The van der Waals surface area contributed by atoms with Crippen molar-refractivity contribution in [2.75, 3.05) is 6.61 Å². The topological polar surface area (TPSA) is 43.4 Å². The SMILES string of the molecule is CC12CCC3(COC(=O)C3)CC1CCC2=O. The molecule has 3 nitrogen and oxygen atoms in total. The fourth-order valence-corrected chi connectivity index (χ4v) is 3.89. The summed E-state index contributed by atoms with van der Waals surface area (Å²) in [6.45, 7) is 2.71. The smallest absolute Gasteiger partial charge is 0.306 e. The molecule has 0 aromatic rings. The van der Waals surface area contributed by atoms with Crippen LogP contribution in [0.5, 0.6) is 0 Å². The Morgan fingerprint density at radius 3 is 2.81 bits per heavy atom. The molecule has 0 aromatic heterocycles. The first-order valence-corrected chi connectivity index (χ1v) is 6.23. The van der Waals surface area contributed by atoms with E-state index in [0.29, 0.717) is 24.7 Å². The zero-order valence-corrected chi connectivity index (χ0v) is 9.75. The minimum absolute atomic E-state index is 0.0482. The molecule has 1 heterocycles. The summed E-state index contributed by atoms with van der Waals surface area (Å²) in [4.78, 5) is 23.2. The predicted octanol–water partition coefficient (Wildman–Crippen LogP) is 2.09. The summed E-state index contributed by atoms with van der Waals surface area (Å²) in [6.07, 6.45) is 5.29. The van der Waals surface area contributed by atoms with Crippen molar-refractivity contribution >= 4 is 11.8 Å². The molecule has 0 aromatic carbocycles. The summed E-state index contributed by atoms with van der Waals surface area (Å²) in [6, 6.07) is 0. The maximum Gasteiger partial charge on any atom is 0.306 e. The number of Topliss-reactive ketones (excluding diaryl/α,β-unsaturated/α-hetero) is 1. The van der Waals surface area contributed by atoms with Crippen LogP contribution in [0.2, 0.25) is 0 Å². The van der Waals surface area contributed by atoms with Gasteiger partial charge in [-0.25, -0.2) is 0 Å². The molecule has 2 aliphatic carbocycles. The van der Waals surface area contributed by atoms with Crippen molar-refractivity contribution in [1.82, 2.24) is 0 Å². The van der Waals surface area contributed by atoms with Crippen molar-refractivity contribution in [3.63, 3.8) is 0 Å². The first-order valence-electron chi connectivity index (χ1n) is 6.23. The first kappa shape index (κ1) is 10.3. The molecule has 1 saturated heterocycles. The number of rotatable bonds is 0. The molecule has 2 saturated carbocycles. The van der Waals surface area contributed by atoms with Gasteiger partial charge in [0, 0.05) is 17.3 Å². The van der Waals surface area contributed by atoms with Gasteiger partial charge in [0.05, 0.1) is 13.0 Å². The predicted molar refractivity (Wildman–Crippen MR) is 57.7 cm³/mol. The van der Waals surface area contributed by atoms with Crippen molar-refractivity contribution in [3.05, 3.63) is 0 Å².